The van der Waals surface area contributed by atoms with Crippen molar-refractivity contribution in [2.75, 3.05) is 24.7 Å². The normalized spacial score (nSPS) is 31.5. The van der Waals surface area contributed by atoms with Crippen LogP contribution in [0.5, 0.6) is 0 Å². The number of aliphatic hydroxyl groups excluding tert-OH is 8. The van der Waals surface area contributed by atoms with Crippen molar-refractivity contribution in [1.29, 1.82) is 0 Å². The SMILES string of the molecule is CC(C)(C)OC(=O)N[C@H](CSSC[C@@H](NC(=O)OC(C)(C)C)C(=O)OC[C@H]1O[C@H](O)[C@@H](O)[C@@H](O)[C@H]1O)C(=O)OC[C@H]1O[C@H](O)[C@@H](O)[C@@H](O)[C@H]1O. The van der Waals surface area contributed by atoms with Gasteiger partial charge in [-0.3, -0.25) is 0 Å². The van der Waals surface area contributed by atoms with E-state index in [1.54, 1.807) is 41.5 Å². The molecule has 0 saturated carbocycles. The van der Waals surface area contributed by atoms with Crippen LogP contribution in [0.3, 0.4) is 0 Å². The maximum atomic E-state index is 13.0. The smallest absolute Gasteiger partial charge is 0.408 e. The van der Waals surface area contributed by atoms with Crippen LogP contribution in [0.25, 0.3) is 0 Å². The number of amides is 2. The van der Waals surface area contributed by atoms with Crippen molar-refractivity contribution >= 4 is 45.7 Å². The Morgan fingerprint density at radius 1 is 0.580 bits per heavy atom. The van der Waals surface area contributed by atoms with E-state index in [9.17, 15) is 60.0 Å². The summed E-state index contributed by atoms with van der Waals surface area (Å²) in [4.78, 5) is 51.0. The van der Waals surface area contributed by atoms with E-state index in [-0.39, 0.29) is 11.5 Å². The van der Waals surface area contributed by atoms with Gasteiger partial charge in [0.2, 0.25) is 0 Å². The third kappa shape index (κ3) is 14.1. The third-order valence-corrected chi connectivity index (χ3v) is 9.08. The molecule has 0 bridgehead atoms. The highest BCUT2D eigenvalue weighted by molar-refractivity contribution is 8.76. The summed E-state index contributed by atoms with van der Waals surface area (Å²) in [7, 11) is 1.88. The number of carbonyl (C=O) groups is 4. The number of rotatable bonds is 13. The van der Waals surface area contributed by atoms with Crippen molar-refractivity contribution in [2.45, 2.75) is 126 Å². The largest absolute Gasteiger partial charge is 0.461 e. The van der Waals surface area contributed by atoms with Gasteiger partial charge in [-0.1, -0.05) is 21.6 Å². The second-order valence-corrected chi connectivity index (χ2v) is 15.9. The third-order valence-electron chi connectivity index (χ3n) is 6.66. The lowest BCUT2D eigenvalue weighted by molar-refractivity contribution is -0.287. The first kappa shape index (κ1) is 43.9. The molecular formula is C28H48N2O18S2. The molecule has 0 aromatic heterocycles. The molecule has 0 aliphatic carbocycles. The van der Waals surface area contributed by atoms with Crippen LogP contribution in [-0.2, 0) is 38.0 Å². The fourth-order valence-corrected chi connectivity index (χ4v) is 6.43. The predicted molar refractivity (Wildman–Crippen MR) is 171 cm³/mol. The molecular weight excluding hydrogens is 716 g/mol. The monoisotopic (exact) mass is 764 g/mol. The molecule has 20 nitrogen and oxygen atoms in total. The molecule has 2 saturated heterocycles. The predicted octanol–water partition coefficient (Wildman–Crippen LogP) is -3.16. The Balaban J connectivity index is 2.08. The Morgan fingerprint density at radius 3 is 1.20 bits per heavy atom. The highest BCUT2D eigenvalue weighted by Gasteiger charge is 2.45. The summed E-state index contributed by atoms with van der Waals surface area (Å²) in [5.41, 5.74) is -1.88. The van der Waals surface area contributed by atoms with Gasteiger partial charge in [0.15, 0.2) is 12.6 Å². The van der Waals surface area contributed by atoms with Crippen molar-refractivity contribution in [2.24, 2.45) is 0 Å². The zero-order valence-electron chi connectivity index (χ0n) is 28.2. The summed E-state index contributed by atoms with van der Waals surface area (Å²) in [5, 5.41) is 83.5. The average molecular weight is 765 g/mol. The average Bonchev–Trinajstić information content (AvgIpc) is 2.99. The Kier molecular flexibility index (Phi) is 16.7. The molecule has 0 aromatic carbocycles. The molecule has 2 heterocycles. The summed E-state index contributed by atoms with van der Waals surface area (Å²) in [6, 6.07) is -2.79. The highest BCUT2D eigenvalue weighted by atomic mass is 33.1. The Hall–Kier alpha value is -2.22. The second kappa shape index (κ2) is 19.0. The van der Waals surface area contributed by atoms with Crippen molar-refractivity contribution in [3.05, 3.63) is 0 Å². The van der Waals surface area contributed by atoms with Crippen LogP contribution in [0.15, 0.2) is 0 Å². The number of nitrogens with one attached hydrogen (secondary N) is 2. The lowest BCUT2D eigenvalue weighted by atomic mass is 9.99. The van der Waals surface area contributed by atoms with Crippen molar-refractivity contribution in [3.8, 4) is 0 Å². The number of carbonyl (C=O) groups excluding carboxylic acids is 4. The number of esters is 2. The number of ether oxygens (including phenoxy) is 6. The van der Waals surface area contributed by atoms with Crippen LogP contribution in [0.4, 0.5) is 9.59 Å². The molecule has 2 aliphatic rings. The molecule has 10 N–H and O–H groups in total. The van der Waals surface area contributed by atoms with Gasteiger partial charge in [-0.15, -0.1) is 0 Å². The number of hydrogen-bond donors (Lipinski definition) is 10. The van der Waals surface area contributed by atoms with E-state index in [0.29, 0.717) is 0 Å². The van der Waals surface area contributed by atoms with Gasteiger partial charge in [-0.25, -0.2) is 19.2 Å². The summed E-state index contributed by atoms with van der Waals surface area (Å²) < 4.78 is 30.7. The van der Waals surface area contributed by atoms with Crippen LogP contribution >= 0.6 is 21.6 Å². The zero-order valence-corrected chi connectivity index (χ0v) is 29.9. The van der Waals surface area contributed by atoms with E-state index in [4.69, 9.17) is 28.4 Å². The summed E-state index contributed by atoms with van der Waals surface area (Å²) >= 11 is 0. The minimum Gasteiger partial charge on any atom is -0.461 e. The lowest BCUT2D eigenvalue weighted by Crippen LogP contribution is -2.59. The molecule has 12 atom stereocenters. The number of alkyl carbamates (subject to hydrolysis) is 2. The molecule has 0 radical (unpaired) electrons. The van der Waals surface area contributed by atoms with Crippen LogP contribution in [0, 0.1) is 0 Å². The van der Waals surface area contributed by atoms with Gasteiger partial charge in [0.1, 0.15) is 85.3 Å². The lowest BCUT2D eigenvalue weighted by Gasteiger charge is -2.38. The minimum atomic E-state index is -1.87. The number of aliphatic hydroxyl groups is 8. The Morgan fingerprint density at radius 2 is 0.900 bits per heavy atom. The first-order valence-electron chi connectivity index (χ1n) is 15.3. The van der Waals surface area contributed by atoms with Crippen LogP contribution in [0.1, 0.15) is 41.5 Å². The zero-order chi connectivity index (χ0) is 38.1. The van der Waals surface area contributed by atoms with Gasteiger partial charge in [-0.2, -0.15) is 0 Å². The number of hydrogen-bond acceptors (Lipinski definition) is 20. The second-order valence-electron chi connectivity index (χ2n) is 13.3. The van der Waals surface area contributed by atoms with E-state index in [0.717, 1.165) is 21.6 Å². The van der Waals surface area contributed by atoms with Gasteiger partial charge in [0.05, 0.1) is 0 Å². The maximum Gasteiger partial charge on any atom is 0.408 e. The molecule has 290 valence electrons. The van der Waals surface area contributed by atoms with Gasteiger partial charge >= 0.3 is 24.1 Å². The van der Waals surface area contributed by atoms with E-state index >= 15 is 0 Å². The first-order valence-corrected chi connectivity index (χ1v) is 17.8. The van der Waals surface area contributed by atoms with Crippen molar-refractivity contribution in [1.82, 2.24) is 10.6 Å². The van der Waals surface area contributed by atoms with E-state index in [1.165, 1.54) is 0 Å². The van der Waals surface area contributed by atoms with Crippen LogP contribution < -0.4 is 10.6 Å². The fraction of sp³-hybridized carbons (Fsp3) is 0.857. The molecule has 2 rings (SSSR count). The summed E-state index contributed by atoms with van der Waals surface area (Å²) in [6.07, 6.45) is -19.3. The van der Waals surface area contributed by atoms with Gasteiger partial charge in [0.25, 0.3) is 0 Å². The van der Waals surface area contributed by atoms with Crippen LogP contribution in [0.2, 0.25) is 0 Å². The molecule has 50 heavy (non-hydrogen) atoms. The van der Waals surface area contributed by atoms with Crippen molar-refractivity contribution < 1.29 is 88.5 Å². The standard InChI is InChI=1S/C28H48N2O18S2/c1-27(2,3)47-25(41)29-11(21(37)43-7-13-15(31)17(33)19(35)23(39)45-13)9-49-50-10-12(30-26(42)48-28(4,5)6)22(38)44-8-14-16(32)18(34)20(36)24(40)46-14/h11-20,23-24,31-36,39-40H,7-10H2,1-6H3,(H,29,41)(H,30,42)/t11-,12-,13-,14-,15+,16+,17+,18+,19+,20+,23+,24+/m1/s1. The topological polar surface area (TPSA) is 310 Å². The molecule has 2 amide bonds. The molecule has 2 aliphatic heterocycles. The van der Waals surface area contributed by atoms with Crippen molar-refractivity contribution in [3.63, 3.8) is 0 Å². The van der Waals surface area contributed by atoms with Gasteiger partial charge in [0, 0.05) is 11.5 Å². The molecule has 0 aromatic rings. The summed E-state index contributed by atoms with van der Waals surface area (Å²) in [5.74, 6) is -2.51. The maximum absolute atomic E-state index is 13.0. The van der Waals surface area contributed by atoms with E-state index in [2.05, 4.69) is 10.6 Å². The van der Waals surface area contributed by atoms with E-state index in [1.807, 2.05) is 0 Å². The van der Waals surface area contributed by atoms with Crippen LogP contribution in [-0.4, -0.2) is 174 Å². The highest BCUT2D eigenvalue weighted by Crippen LogP contribution is 2.26. The minimum absolute atomic E-state index is 0.213. The van der Waals surface area contributed by atoms with Gasteiger partial charge in [-0.05, 0) is 41.5 Å². The van der Waals surface area contributed by atoms with Gasteiger partial charge < -0.3 is 79.9 Å². The molecule has 0 unspecified atom stereocenters. The fourth-order valence-electron chi connectivity index (χ4n) is 4.14. The molecule has 2 fully saturated rings. The summed E-state index contributed by atoms with van der Waals surface area (Å²) in [6.45, 7) is 8.14. The Labute approximate surface area is 295 Å². The molecule has 22 heteroatoms. The Bertz CT molecular complexity index is 1050. The first-order chi connectivity index (χ1) is 23.0. The molecule has 0 spiro atoms. The van der Waals surface area contributed by atoms with E-state index < -0.39 is 122 Å². The quantitative estimate of drug-likeness (QED) is 0.0383.